The Labute approximate surface area is 77.4 Å². The van der Waals surface area contributed by atoms with Crippen molar-refractivity contribution in [2.75, 3.05) is 38.8 Å². The van der Waals surface area contributed by atoms with Gasteiger partial charge in [0, 0.05) is 25.2 Å². The summed E-state index contributed by atoms with van der Waals surface area (Å²) in [6.45, 7) is 1.25. The van der Waals surface area contributed by atoms with Gasteiger partial charge in [0.05, 0.1) is 6.04 Å². The minimum atomic E-state index is 0.0729. The molecule has 0 aromatic carbocycles. The number of hydrogen-bond donors (Lipinski definition) is 0. The van der Waals surface area contributed by atoms with Gasteiger partial charge in [-0.05, 0) is 7.05 Å². The molecule has 0 N–H and O–H groups in total. The highest BCUT2D eigenvalue weighted by Crippen LogP contribution is 2.15. The van der Waals surface area contributed by atoms with Crippen LogP contribution in [-0.4, -0.2) is 55.5 Å². The van der Waals surface area contributed by atoms with Crippen molar-refractivity contribution in [1.82, 2.24) is 4.90 Å². The highest BCUT2D eigenvalue weighted by Gasteiger charge is 2.25. The van der Waals surface area contributed by atoms with Crippen LogP contribution in [0.1, 0.15) is 0 Å². The SMILES string of the molecule is COCC(=O)C1CSCCN1C. The normalized spacial score (nSPS) is 25.7. The smallest absolute Gasteiger partial charge is 0.176 e. The summed E-state index contributed by atoms with van der Waals surface area (Å²) >= 11 is 1.84. The van der Waals surface area contributed by atoms with Gasteiger partial charge in [-0.2, -0.15) is 11.8 Å². The molecular formula is C8H15NO2S. The van der Waals surface area contributed by atoms with Gasteiger partial charge in [-0.3, -0.25) is 9.69 Å². The van der Waals surface area contributed by atoms with Gasteiger partial charge in [0.1, 0.15) is 6.61 Å². The van der Waals surface area contributed by atoms with Crippen molar-refractivity contribution in [3.63, 3.8) is 0 Å². The second-order valence-corrected chi connectivity index (χ2v) is 4.12. The highest BCUT2D eigenvalue weighted by atomic mass is 32.2. The molecule has 3 nitrogen and oxygen atoms in total. The molecule has 0 saturated carbocycles. The first-order valence-corrected chi connectivity index (χ1v) is 5.21. The fourth-order valence-corrected chi connectivity index (χ4v) is 2.51. The Morgan fingerprint density at radius 3 is 3.08 bits per heavy atom. The first-order chi connectivity index (χ1) is 5.75. The van der Waals surface area contributed by atoms with Crippen LogP contribution < -0.4 is 0 Å². The lowest BCUT2D eigenvalue weighted by atomic mass is 10.2. The van der Waals surface area contributed by atoms with Crippen LogP contribution in [0, 0.1) is 0 Å². The number of Topliss-reactive ketones (excluding diaryl/α,β-unsaturated/α-hetero) is 1. The number of ether oxygens (including phenoxy) is 1. The van der Waals surface area contributed by atoms with Gasteiger partial charge in [0.15, 0.2) is 5.78 Å². The molecule has 0 aromatic heterocycles. The molecule has 0 radical (unpaired) electrons. The van der Waals surface area contributed by atoms with E-state index in [-0.39, 0.29) is 18.4 Å². The van der Waals surface area contributed by atoms with Gasteiger partial charge < -0.3 is 4.74 Å². The molecule has 0 aromatic rings. The number of ketones is 1. The van der Waals surface area contributed by atoms with Gasteiger partial charge in [-0.15, -0.1) is 0 Å². The molecule has 70 valence electrons. The number of rotatable bonds is 3. The molecule has 1 fully saturated rings. The van der Waals surface area contributed by atoms with E-state index in [1.165, 1.54) is 0 Å². The average molecular weight is 189 g/mol. The molecule has 1 saturated heterocycles. The maximum absolute atomic E-state index is 11.4. The van der Waals surface area contributed by atoms with Crippen LogP contribution >= 0.6 is 11.8 Å². The zero-order valence-corrected chi connectivity index (χ0v) is 8.39. The summed E-state index contributed by atoms with van der Waals surface area (Å²) in [6, 6.07) is 0.0729. The monoisotopic (exact) mass is 189 g/mol. The fraction of sp³-hybridized carbons (Fsp3) is 0.875. The lowest BCUT2D eigenvalue weighted by Gasteiger charge is -2.30. The minimum Gasteiger partial charge on any atom is -0.377 e. The zero-order chi connectivity index (χ0) is 8.97. The summed E-state index contributed by atoms with van der Waals surface area (Å²) in [7, 11) is 3.56. The molecule has 1 atom stereocenters. The maximum atomic E-state index is 11.4. The third-order valence-corrected chi connectivity index (χ3v) is 3.08. The van der Waals surface area contributed by atoms with Crippen LogP contribution in [0.15, 0.2) is 0 Å². The second-order valence-electron chi connectivity index (χ2n) is 2.97. The van der Waals surface area contributed by atoms with Crippen molar-refractivity contribution >= 4 is 17.5 Å². The summed E-state index contributed by atoms with van der Waals surface area (Å²) in [5, 5.41) is 0. The predicted molar refractivity (Wildman–Crippen MR) is 50.6 cm³/mol. The minimum absolute atomic E-state index is 0.0729. The number of thioether (sulfide) groups is 1. The Kier molecular flexibility index (Phi) is 4.05. The molecule has 0 aliphatic carbocycles. The summed E-state index contributed by atoms with van der Waals surface area (Å²) in [5.74, 6) is 2.25. The van der Waals surface area contributed by atoms with Crippen LogP contribution in [0.4, 0.5) is 0 Å². The summed E-state index contributed by atoms with van der Waals surface area (Å²) in [4.78, 5) is 13.5. The third-order valence-electron chi connectivity index (χ3n) is 2.05. The van der Waals surface area contributed by atoms with Crippen molar-refractivity contribution < 1.29 is 9.53 Å². The fourth-order valence-electron chi connectivity index (χ4n) is 1.26. The van der Waals surface area contributed by atoms with Crippen molar-refractivity contribution in [3.8, 4) is 0 Å². The van der Waals surface area contributed by atoms with Crippen LogP contribution in [0.5, 0.6) is 0 Å². The van der Waals surface area contributed by atoms with Crippen LogP contribution in [0.3, 0.4) is 0 Å². The van der Waals surface area contributed by atoms with Gasteiger partial charge in [-0.25, -0.2) is 0 Å². The van der Waals surface area contributed by atoms with E-state index in [9.17, 15) is 4.79 Å². The number of likely N-dealkylation sites (N-methyl/N-ethyl adjacent to an activating group) is 1. The van der Waals surface area contributed by atoms with E-state index in [0.29, 0.717) is 0 Å². The number of hydrogen-bond acceptors (Lipinski definition) is 4. The zero-order valence-electron chi connectivity index (χ0n) is 7.58. The second kappa shape index (κ2) is 4.84. The van der Waals surface area contributed by atoms with Crippen molar-refractivity contribution in [2.45, 2.75) is 6.04 Å². The van der Waals surface area contributed by atoms with Crippen molar-refractivity contribution in [1.29, 1.82) is 0 Å². The molecule has 1 unspecified atom stereocenters. The molecule has 1 aliphatic heterocycles. The van der Waals surface area contributed by atoms with Gasteiger partial charge in [0.2, 0.25) is 0 Å². The number of methoxy groups -OCH3 is 1. The topological polar surface area (TPSA) is 29.5 Å². The van der Waals surface area contributed by atoms with Gasteiger partial charge in [-0.1, -0.05) is 0 Å². The summed E-state index contributed by atoms with van der Waals surface area (Å²) in [6.07, 6.45) is 0. The van der Waals surface area contributed by atoms with Gasteiger partial charge in [0.25, 0.3) is 0 Å². The Morgan fingerprint density at radius 1 is 1.75 bits per heavy atom. The lowest BCUT2D eigenvalue weighted by Crippen LogP contribution is -2.46. The molecule has 0 spiro atoms. The van der Waals surface area contributed by atoms with Crippen molar-refractivity contribution in [2.24, 2.45) is 0 Å². The van der Waals surface area contributed by atoms with Crippen molar-refractivity contribution in [3.05, 3.63) is 0 Å². The predicted octanol–water partition coefficient (Wildman–Crippen LogP) is 0.249. The maximum Gasteiger partial charge on any atom is 0.176 e. The Bertz CT molecular complexity index is 163. The summed E-state index contributed by atoms with van der Waals surface area (Å²) in [5.41, 5.74) is 0. The Hall–Kier alpha value is -0.0600. The van der Waals surface area contributed by atoms with Crippen LogP contribution in [0.25, 0.3) is 0 Å². The quantitative estimate of drug-likeness (QED) is 0.636. The highest BCUT2D eigenvalue weighted by molar-refractivity contribution is 7.99. The van der Waals surface area contributed by atoms with E-state index in [1.807, 2.05) is 18.8 Å². The molecule has 0 amide bonds. The number of carbonyl (C=O) groups excluding carboxylic acids is 1. The largest absolute Gasteiger partial charge is 0.377 e. The number of nitrogens with zero attached hydrogens (tertiary/aromatic N) is 1. The average Bonchev–Trinajstić information content (AvgIpc) is 2.05. The molecule has 12 heavy (non-hydrogen) atoms. The summed E-state index contributed by atoms with van der Waals surface area (Å²) < 4.78 is 4.82. The van der Waals surface area contributed by atoms with Crippen LogP contribution in [-0.2, 0) is 9.53 Å². The first-order valence-electron chi connectivity index (χ1n) is 4.05. The first kappa shape index (κ1) is 10.0. The lowest BCUT2D eigenvalue weighted by molar-refractivity contribution is -0.126. The third kappa shape index (κ3) is 2.47. The van der Waals surface area contributed by atoms with E-state index in [2.05, 4.69) is 4.90 Å². The molecule has 4 heteroatoms. The molecule has 1 heterocycles. The molecular weight excluding hydrogens is 174 g/mol. The number of carbonyl (C=O) groups is 1. The Balaban J connectivity index is 2.42. The van der Waals surface area contributed by atoms with E-state index < -0.39 is 0 Å². The van der Waals surface area contributed by atoms with Gasteiger partial charge >= 0.3 is 0 Å². The molecule has 1 aliphatic rings. The van der Waals surface area contributed by atoms with E-state index in [0.717, 1.165) is 18.1 Å². The van der Waals surface area contributed by atoms with E-state index >= 15 is 0 Å². The van der Waals surface area contributed by atoms with E-state index in [4.69, 9.17) is 4.74 Å². The standard InChI is InChI=1S/C8H15NO2S/c1-9-3-4-12-6-7(9)8(10)5-11-2/h7H,3-6H2,1-2H3. The Morgan fingerprint density at radius 2 is 2.50 bits per heavy atom. The van der Waals surface area contributed by atoms with Crippen LogP contribution in [0.2, 0.25) is 0 Å². The van der Waals surface area contributed by atoms with E-state index in [1.54, 1.807) is 7.11 Å². The molecule has 1 rings (SSSR count). The molecule has 0 bridgehead atoms.